The lowest BCUT2D eigenvalue weighted by atomic mass is 9.39. The van der Waals surface area contributed by atoms with Gasteiger partial charge in [0.2, 0.25) is 0 Å². The highest BCUT2D eigenvalue weighted by atomic mass is 19.4. The Morgan fingerprint density at radius 3 is 2.24 bits per heavy atom. The Bertz CT molecular complexity index is 720. The average Bonchev–Trinajstić information content (AvgIpc) is 3.03. The van der Waals surface area contributed by atoms with Crippen molar-refractivity contribution in [2.24, 2.45) is 45.8 Å². The van der Waals surface area contributed by atoms with Crippen molar-refractivity contribution in [1.29, 1.82) is 0 Å². The van der Waals surface area contributed by atoms with Gasteiger partial charge in [0.05, 0.1) is 18.1 Å². The van der Waals surface area contributed by atoms with Crippen LogP contribution in [-0.4, -0.2) is 28.1 Å². The normalized spacial score (nSPS) is 49.6. The third-order valence-corrected chi connectivity index (χ3v) is 11.8. The van der Waals surface area contributed by atoms with E-state index in [1.54, 1.807) is 0 Å². The molecule has 4 fully saturated rings. The molecule has 0 spiro atoms. The first-order valence-corrected chi connectivity index (χ1v) is 13.6. The second kappa shape index (κ2) is 8.39. The Kier molecular flexibility index (Phi) is 6.56. The third kappa shape index (κ3) is 4.52. The van der Waals surface area contributed by atoms with Crippen LogP contribution in [0.3, 0.4) is 0 Å². The van der Waals surface area contributed by atoms with Gasteiger partial charge in [-0.1, -0.05) is 27.7 Å². The Hall–Kier alpha value is -0.290. The number of hydrogen-bond donors (Lipinski definition) is 2. The highest BCUT2D eigenvalue weighted by Crippen LogP contribution is 2.72. The summed E-state index contributed by atoms with van der Waals surface area (Å²) < 4.78 is 37.8. The van der Waals surface area contributed by atoms with Crippen LogP contribution >= 0.6 is 0 Å². The lowest BCUT2D eigenvalue weighted by molar-refractivity contribution is -0.190. The average molecular weight is 473 g/mol. The van der Waals surface area contributed by atoms with Crippen LogP contribution in [0.25, 0.3) is 0 Å². The summed E-state index contributed by atoms with van der Waals surface area (Å²) in [4.78, 5) is 0. The summed E-state index contributed by atoms with van der Waals surface area (Å²) in [6.45, 7) is 11.7. The molecule has 2 N–H and O–H groups in total. The number of aliphatic hydroxyl groups is 2. The molecule has 0 heterocycles. The first kappa shape index (κ1) is 25.8. The van der Waals surface area contributed by atoms with E-state index < -0.39 is 24.3 Å². The molecule has 0 aromatic rings. The van der Waals surface area contributed by atoms with Gasteiger partial charge < -0.3 is 10.2 Å². The predicted octanol–water partition coefficient (Wildman–Crippen LogP) is 7.52. The van der Waals surface area contributed by atoms with E-state index in [4.69, 9.17) is 0 Å². The van der Waals surface area contributed by atoms with E-state index in [0.717, 1.165) is 31.1 Å². The summed E-state index contributed by atoms with van der Waals surface area (Å²) >= 11 is 0. The predicted molar refractivity (Wildman–Crippen MR) is 126 cm³/mol. The molecule has 4 rings (SSSR count). The second-order valence-electron chi connectivity index (χ2n) is 13.8. The van der Waals surface area contributed by atoms with Gasteiger partial charge >= 0.3 is 6.18 Å². The third-order valence-electron chi connectivity index (χ3n) is 11.8. The van der Waals surface area contributed by atoms with Crippen LogP contribution in [0, 0.1) is 45.8 Å². The first-order valence-electron chi connectivity index (χ1n) is 13.6. The van der Waals surface area contributed by atoms with Crippen LogP contribution in [0.15, 0.2) is 0 Å². The molecular formula is C28H47F3O2. The second-order valence-corrected chi connectivity index (χ2v) is 13.8. The summed E-state index contributed by atoms with van der Waals surface area (Å²) in [5, 5.41) is 20.7. The van der Waals surface area contributed by atoms with E-state index >= 15 is 0 Å². The fourth-order valence-corrected chi connectivity index (χ4v) is 9.94. The highest BCUT2D eigenvalue weighted by molar-refractivity contribution is 5.13. The minimum Gasteiger partial charge on any atom is -0.393 e. The molecule has 0 unspecified atom stereocenters. The van der Waals surface area contributed by atoms with Crippen LogP contribution in [-0.2, 0) is 0 Å². The molecule has 2 nitrogen and oxygen atoms in total. The van der Waals surface area contributed by atoms with Gasteiger partial charge in [-0.3, -0.25) is 0 Å². The van der Waals surface area contributed by atoms with E-state index in [-0.39, 0.29) is 17.3 Å². The topological polar surface area (TPSA) is 40.5 Å². The molecule has 4 aliphatic rings. The fraction of sp³-hybridized carbons (Fsp3) is 1.00. The van der Waals surface area contributed by atoms with Crippen molar-refractivity contribution in [3.05, 3.63) is 0 Å². The largest absolute Gasteiger partial charge is 0.393 e. The van der Waals surface area contributed by atoms with E-state index in [1.165, 1.54) is 38.5 Å². The van der Waals surface area contributed by atoms with Crippen molar-refractivity contribution in [3.63, 3.8) is 0 Å². The zero-order chi connectivity index (χ0) is 24.4. The summed E-state index contributed by atoms with van der Waals surface area (Å²) in [5.74, 6) is 3.10. The van der Waals surface area contributed by atoms with Gasteiger partial charge in [-0.2, -0.15) is 13.2 Å². The number of halogens is 3. The summed E-state index contributed by atoms with van der Waals surface area (Å²) in [7, 11) is 0. The minimum atomic E-state index is -4.29. The maximum Gasteiger partial charge on any atom is 0.391 e. The van der Waals surface area contributed by atoms with E-state index in [9.17, 15) is 23.4 Å². The van der Waals surface area contributed by atoms with Crippen molar-refractivity contribution < 1.29 is 23.4 Å². The van der Waals surface area contributed by atoms with Crippen molar-refractivity contribution in [1.82, 2.24) is 0 Å². The summed E-state index contributed by atoms with van der Waals surface area (Å²) in [6.07, 6.45) is 4.62. The molecule has 10 atom stereocenters. The lowest BCUT2D eigenvalue weighted by Crippen LogP contribution is -2.60. The number of alkyl halides is 3. The Morgan fingerprint density at radius 1 is 0.879 bits per heavy atom. The van der Waals surface area contributed by atoms with Crippen LogP contribution in [0.1, 0.15) is 112 Å². The Morgan fingerprint density at radius 2 is 1.58 bits per heavy atom. The zero-order valence-corrected chi connectivity index (χ0v) is 21.5. The number of aliphatic hydroxyl groups excluding tert-OH is 1. The van der Waals surface area contributed by atoms with Crippen LogP contribution < -0.4 is 0 Å². The molecule has 5 heteroatoms. The monoisotopic (exact) mass is 472 g/mol. The maximum absolute atomic E-state index is 12.6. The molecule has 192 valence electrons. The fourth-order valence-electron chi connectivity index (χ4n) is 9.94. The number of rotatable bonds is 5. The molecule has 0 amide bonds. The molecule has 0 saturated heterocycles. The van der Waals surface area contributed by atoms with Gasteiger partial charge in [0, 0.05) is 0 Å². The van der Waals surface area contributed by atoms with Crippen LogP contribution in [0.5, 0.6) is 0 Å². The maximum atomic E-state index is 12.6. The highest BCUT2D eigenvalue weighted by Gasteiger charge is 2.64. The molecule has 0 aromatic carbocycles. The zero-order valence-electron chi connectivity index (χ0n) is 21.5. The van der Waals surface area contributed by atoms with E-state index in [2.05, 4.69) is 27.7 Å². The molecule has 33 heavy (non-hydrogen) atoms. The van der Waals surface area contributed by atoms with Gasteiger partial charge in [-0.15, -0.1) is 0 Å². The van der Waals surface area contributed by atoms with Gasteiger partial charge in [-0.25, -0.2) is 0 Å². The number of hydrogen-bond acceptors (Lipinski definition) is 2. The van der Waals surface area contributed by atoms with Crippen molar-refractivity contribution in [3.8, 4) is 0 Å². The van der Waals surface area contributed by atoms with Gasteiger partial charge in [-0.05, 0) is 123 Å². The molecule has 4 aliphatic carbocycles. The van der Waals surface area contributed by atoms with Crippen molar-refractivity contribution >= 4 is 0 Å². The molecule has 0 radical (unpaired) electrons. The van der Waals surface area contributed by atoms with Gasteiger partial charge in [0.1, 0.15) is 0 Å². The summed E-state index contributed by atoms with van der Waals surface area (Å²) in [5.41, 5.74) is 0.253. The standard InChI is InChI=1S/C28H47F3O2/c1-18(6-7-19(32)16-28(29,30)31)21-8-9-22-20-10-12-24(2)17-25(3,33)14-15-27(24,5)23(20)11-13-26(21,22)4/h18-23,32-33H,6-17H2,1-5H3/t18-,19-,20+,21-,22+,23+,24+,25+,26-,27-/m1/s1. The van der Waals surface area contributed by atoms with Gasteiger partial charge in [0.25, 0.3) is 0 Å². The first-order chi connectivity index (χ1) is 15.1. The van der Waals surface area contributed by atoms with Crippen molar-refractivity contribution in [2.75, 3.05) is 0 Å². The minimum absolute atomic E-state index is 0.212. The molecule has 0 aromatic heterocycles. The SMILES string of the molecule is C[C@H](CC[C@@H](O)CC(F)(F)F)[C@H]1CC[C@H]2[C@@H]3CC[C@@]4(C)C[C@@](C)(O)CC[C@]4(C)[C@H]3CC[C@]12C. The molecule has 0 bridgehead atoms. The van der Waals surface area contributed by atoms with E-state index in [1.807, 2.05) is 6.92 Å². The molecule has 0 aliphatic heterocycles. The molecular weight excluding hydrogens is 425 g/mol. The Balaban J connectivity index is 1.45. The number of fused-ring (bicyclic) bond motifs is 5. The van der Waals surface area contributed by atoms with Gasteiger partial charge in [0.15, 0.2) is 0 Å². The summed E-state index contributed by atoms with van der Waals surface area (Å²) in [6, 6.07) is 0. The van der Waals surface area contributed by atoms with E-state index in [0.29, 0.717) is 29.6 Å². The molecule has 4 saturated carbocycles. The Labute approximate surface area is 199 Å². The smallest absolute Gasteiger partial charge is 0.391 e. The van der Waals surface area contributed by atoms with Crippen molar-refractivity contribution in [2.45, 2.75) is 130 Å². The lowest BCUT2D eigenvalue weighted by Gasteiger charge is -2.66. The van der Waals surface area contributed by atoms with Crippen LogP contribution in [0.2, 0.25) is 0 Å². The quantitative estimate of drug-likeness (QED) is 0.434. The van der Waals surface area contributed by atoms with Crippen LogP contribution in [0.4, 0.5) is 13.2 Å².